The number of nitrogens with one attached hydrogen (secondary N) is 2. The molecule has 6 nitrogen and oxygen atoms in total. The molecule has 0 aliphatic carbocycles. The van der Waals surface area contributed by atoms with Gasteiger partial charge in [0, 0.05) is 32.9 Å². The standard InChI is InChI=1S/C17H30N4O2S.HI/c1-6-21(7-2)11-10-19-17(18-4)20-13-15-8-9-16(14(3)12-15)24(5,22)23;/h8-9,12H,6-7,10-11,13H2,1-5H3,(H2,18,19,20);1H. The van der Waals surface area contributed by atoms with Gasteiger partial charge in [-0.05, 0) is 37.2 Å². The van der Waals surface area contributed by atoms with E-state index < -0.39 is 9.84 Å². The first kappa shape index (κ1) is 24.1. The first-order chi connectivity index (χ1) is 11.3. The Morgan fingerprint density at radius 2 is 1.84 bits per heavy atom. The van der Waals surface area contributed by atoms with Gasteiger partial charge in [0.2, 0.25) is 0 Å². The molecular formula is C17H31IN4O2S. The van der Waals surface area contributed by atoms with Gasteiger partial charge in [0.05, 0.1) is 4.90 Å². The number of hydrogen-bond acceptors (Lipinski definition) is 4. The minimum atomic E-state index is -3.17. The van der Waals surface area contributed by atoms with Crippen molar-refractivity contribution < 1.29 is 8.42 Å². The Balaban J connectivity index is 0.00000576. The summed E-state index contributed by atoms with van der Waals surface area (Å²) in [6, 6.07) is 5.39. The lowest BCUT2D eigenvalue weighted by Gasteiger charge is -2.19. The molecule has 0 radical (unpaired) electrons. The minimum Gasteiger partial charge on any atom is -0.355 e. The number of benzene rings is 1. The van der Waals surface area contributed by atoms with Crippen molar-refractivity contribution >= 4 is 39.8 Å². The Kier molecular flexibility index (Phi) is 11.3. The van der Waals surface area contributed by atoms with Gasteiger partial charge >= 0.3 is 0 Å². The average Bonchev–Trinajstić information content (AvgIpc) is 2.53. The van der Waals surface area contributed by atoms with Crippen LogP contribution in [-0.2, 0) is 16.4 Å². The van der Waals surface area contributed by atoms with Gasteiger partial charge in [-0.3, -0.25) is 4.99 Å². The third kappa shape index (κ3) is 8.37. The van der Waals surface area contributed by atoms with Crippen LogP contribution in [0.2, 0.25) is 0 Å². The molecule has 1 aromatic carbocycles. The maximum Gasteiger partial charge on any atom is 0.191 e. The number of aryl methyl sites for hydroxylation is 1. The van der Waals surface area contributed by atoms with Crippen molar-refractivity contribution in [2.45, 2.75) is 32.2 Å². The van der Waals surface area contributed by atoms with Gasteiger partial charge in [0.25, 0.3) is 0 Å². The van der Waals surface area contributed by atoms with Crippen LogP contribution >= 0.6 is 24.0 Å². The van der Waals surface area contributed by atoms with E-state index in [1.54, 1.807) is 13.1 Å². The van der Waals surface area contributed by atoms with Gasteiger partial charge in [0.15, 0.2) is 15.8 Å². The number of hydrogen-bond donors (Lipinski definition) is 2. The van der Waals surface area contributed by atoms with Crippen molar-refractivity contribution in [3.05, 3.63) is 29.3 Å². The Morgan fingerprint density at radius 3 is 2.32 bits per heavy atom. The molecule has 0 aromatic heterocycles. The molecule has 0 aliphatic heterocycles. The monoisotopic (exact) mass is 482 g/mol. The number of guanidine groups is 1. The quantitative estimate of drug-likeness (QED) is 0.337. The lowest BCUT2D eigenvalue weighted by Crippen LogP contribution is -2.41. The number of halogens is 1. The van der Waals surface area contributed by atoms with E-state index in [9.17, 15) is 8.42 Å². The van der Waals surface area contributed by atoms with Crippen LogP contribution in [0.1, 0.15) is 25.0 Å². The van der Waals surface area contributed by atoms with E-state index in [1.807, 2.05) is 19.1 Å². The Hall–Kier alpha value is -0.870. The van der Waals surface area contributed by atoms with Crippen LogP contribution in [0.25, 0.3) is 0 Å². The van der Waals surface area contributed by atoms with Crippen LogP contribution in [0.15, 0.2) is 28.1 Å². The summed E-state index contributed by atoms with van der Waals surface area (Å²) in [6.45, 7) is 10.6. The number of likely N-dealkylation sites (N-methyl/N-ethyl adjacent to an activating group) is 1. The number of rotatable bonds is 8. The highest BCUT2D eigenvalue weighted by Gasteiger charge is 2.11. The van der Waals surface area contributed by atoms with E-state index >= 15 is 0 Å². The van der Waals surface area contributed by atoms with Gasteiger partial charge in [-0.1, -0.05) is 26.0 Å². The van der Waals surface area contributed by atoms with Gasteiger partial charge in [-0.15, -0.1) is 24.0 Å². The molecule has 8 heteroatoms. The zero-order valence-electron chi connectivity index (χ0n) is 15.8. The highest BCUT2D eigenvalue weighted by atomic mass is 127. The van der Waals surface area contributed by atoms with E-state index in [0.29, 0.717) is 11.4 Å². The van der Waals surface area contributed by atoms with Crippen LogP contribution in [0.5, 0.6) is 0 Å². The SMILES string of the molecule is CCN(CC)CCNC(=NC)NCc1ccc(S(C)(=O)=O)c(C)c1.I. The van der Waals surface area contributed by atoms with Gasteiger partial charge in [-0.25, -0.2) is 8.42 Å². The van der Waals surface area contributed by atoms with Crippen molar-refractivity contribution in [2.75, 3.05) is 39.5 Å². The normalized spacial score (nSPS) is 12.0. The summed E-state index contributed by atoms with van der Waals surface area (Å²) < 4.78 is 23.3. The zero-order chi connectivity index (χ0) is 18.2. The van der Waals surface area contributed by atoms with Crippen molar-refractivity contribution in [3.8, 4) is 0 Å². The molecule has 0 saturated heterocycles. The summed E-state index contributed by atoms with van der Waals surface area (Å²) in [5.74, 6) is 0.743. The van der Waals surface area contributed by atoms with Crippen LogP contribution in [0, 0.1) is 6.92 Å². The molecule has 0 aliphatic rings. The van der Waals surface area contributed by atoms with Crippen molar-refractivity contribution in [2.24, 2.45) is 4.99 Å². The van der Waals surface area contributed by atoms with Gasteiger partial charge < -0.3 is 15.5 Å². The Bertz CT molecular complexity index is 659. The molecule has 0 spiro atoms. The molecule has 144 valence electrons. The fourth-order valence-corrected chi connectivity index (χ4v) is 3.48. The highest BCUT2D eigenvalue weighted by molar-refractivity contribution is 14.0. The largest absolute Gasteiger partial charge is 0.355 e. The fraction of sp³-hybridized carbons (Fsp3) is 0.588. The first-order valence-corrected chi connectivity index (χ1v) is 10.2. The smallest absolute Gasteiger partial charge is 0.191 e. The van der Waals surface area contributed by atoms with E-state index in [-0.39, 0.29) is 24.0 Å². The molecule has 0 bridgehead atoms. The zero-order valence-corrected chi connectivity index (χ0v) is 18.9. The molecule has 0 atom stereocenters. The van der Waals surface area contributed by atoms with Crippen molar-refractivity contribution in [1.29, 1.82) is 0 Å². The second-order valence-corrected chi connectivity index (χ2v) is 7.74. The summed E-state index contributed by atoms with van der Waals surface area (Å²) in [5.41, 5.74) is 1.79. The van der Waals surface area contributed by atoms with Crippen LogP contribution in [0.3, 0.4) is 0 Å². The second-order valence-electron chi connectivity index (χ2n) is 5.75. The van der Waals surface area contributed by atoms with Crippen molar-refractivity contribution in [1.82, 2.24) is 15.5 Å². The molecule has 2 N–H and O–H groups in total. The molecule has 1 aromatic rings. The molecule has 0 unspecified atom stereocenters. The Labute approximate surface area is 169 Å². The molecule has 1 rings (SSSR count). The van der Waals surface area contributed by atoms with E-state index in [0.717, 1.165) is 43.3 Å². The van der Waals surface area contributed by atoms with Crippen molar-refractivity contribution in [3.63, 3.8) is 0 Å². The molecule has 0 saturated carbocycles. The molecule has 25 heavy (non-hydrogen) atoms. The first-order valence-electron chi connectivity index (χ1n) is 8.28. The average molecular weight is 482 g/mol. The molecule has 0 fully saturated rings. The third-order valence-corrected chi connectivity index (χ3v) is 5.19. The maximum atomic E-state index is 11.7. The summed E-state index contributed by atoms with van der Waals surface area (Å²) >= 11 is 0. The third-order valence-electron chi connectivity index (χ3n) is 3.94. The number of aliphatic imine (C=N–C) groups is 1. The Morgan fingerprint density at radius 1 is 1.20 bits per heavy atom. The minimum absolute atomic E-state index is 0. The fourth-order valence-electron chi connectivity index (χ4n) is 2.52. The van der Waals surface area contributed by atoms with E-state index in [2.05, 4.69) is 34.4 Å². The summed E-state index contributed by atoms with van der Waals surface area (Å²) in [5, 5.41) is 6.54. The van der Waals surface area contributed by atoms with Crippen LogP contribution in [0.4, 0.5) is 0 Å². The van der Waals surface area contributed by atoms with E-state index in [4.69, 9.17) is 0 Å². The lowest BCUT2D eigenvalue weighted by molar-refractivity contribution is 0.308. The summed E-state index contributed by atoms with van der Waals surface area (Å²) in [7, 11) is -1.43. The summed E-state index contributed by atoms with van der Waals surface area (Å²) in [6.07, 6.45) is 1.23. The van der Waals surface area contributed by atoms with Crippen LogP contribution < -0.4 is 10.6 Å². The lowest BCUT2D eigenvalue weighted by atomic mass is 10.1. The predicted octanol–water partition coefficient (Wildman–Crippen LogP) is 2.02. The maximum absolute atomic E-state index is 11.7. The predicted molar refractivity (Wildman–Crippen MR) is 116 cm³/mol. The summed E-state index contributed by atoms with van der Waals surface area (Å²) in [4.78, 5) is 6.93. The molecule has 0 heterocycles. The number of nitrogens with zero attached hydrogens (tertiary/aromatic N) is 2. The topological polar surface area (TPSA) is 73.8 Å². The van der Waals surface area contributed by atoms with E-state index in [1.165, 1.54) is 6.26 Å². The highest BCUT2D eigenvalue weighted by Crippen LogP contribution is 2.16. The van der Waals surface area contributed by atoms with Gasteiger partial charge in [-0.2, -0.15) is 0 Å². The number of sulfone groups is 1. The van der Waals surface area contributed by atoms with Gasteiger partial charge in [0.1, 0.15) is 0 Å². The van der Waals surface area contributed by atoms with Crippen LogP contribution in [-0.4, -0.2) is 58.8 Å². The molecule has 0 amide bonds. The molecular weight excluding hydrogens is 451 g/mol. The second kappa shape index (κ2) is 11.7.